The molecule has 4 rings (SSSR count). The third-order valence-corrected chi connectivity index (χ3v) is 5.98. The lowest BCUT2D eigenvalue weighted by Crippen LogP contribution is -2.42. The summed E-state index contributed by atoms with van der Waals surface area (Å²) in [5, 5.41) is 1.24. The number of rotatable bonds is 3. The van der Waals surface area contributed by atoms with Crippen molar-refractivity contribution in [2.24, 2.45) is 5.92 Å². The zero-order chi connectivity index (χ0) is 19.0. The molecule has 1 aliphatic rings. The number of piperidine rings is 1. The van der Waals surface area contributed by atoms with Crippen molar-refractivity contribution in [1.29, 1.82) is 0 Å². The number of hydrogen-bond acceptors (Lipinski definition) is 6. The molecule has 3 aromatic rings. The molecule has 27 heavy (non-hydrogen) atoms. The maximum atomic E-state index is 13.0. The highest BCUT2D eigenvalue weighted by Crippen LogP contribution is 2.32. The van der Waals surface area contributed by atoms with E-state index in [2.05, 4.69) is 0 Å². The Morgan fingerprint density at radius 2 is 2.11 bits per heavy atom. The summed E-state index contributed by atoms with van der Waals surface area (Å²) >= 11 is 1.30. The fourth-order valence-electron chi connectivity index (χ4n) is 3.52. The molecule has 0 aliphatic carbocycles. The van der Waals surface area contributed by atoms with Gasteiger partial charge < -0.3 is 14.1 Å². The van der Waals surface area contributed by atoms with Crippen LogP contribution < -0.4 is 5.63 Å². The second-order valence-corrected chi connectivity index (χ2v) is 7.63. The lowest BCUT2D eigenvalue weighted by molar-refractivity contribution is -0.149. The molecule has 0 radical (unpaired) electrons. The predicted octanol–water partition coefficient (Wildman–Crippen LogP) is 3.42. The summed E-state index contributed by atoms with van der Waals surface area (Å²) in [5.41, 5.74) is 0.0678. The number of benzene rings is 1. The highest BCUT2D eigenvalue weighted by Gasteiger charge is 2.30. The average molecular weight is 385 g/mol. The van der Waals surface area contributed by atoms with Crippen LogP contribution in [0.2, 0.25) is 0 Å². The second-order valence-electron chi connectivity index (χ2n) is 6.58. The number of para-hydroxylation sites is 1. The number of amides is 1. The largest absolute Gasteiger partial charge is 0.466 e. The van der Waals surface area contributed by atoms with E-state index in [1.54, 1.807) is 30.0 Å². The minimum absolute atomic E-state index is 0.159. The standard InChI is InChI=1S/C20H19NO5S/c1-2-25-19(23)12-6-5-9-21(11-12)18(22)16-10-14-17(27-16)13-7-3-4-8-15(13)26-20(14)24/h3-4,7-8,10,12H,2,5-6,9,11H2,1H3/t12-/m1/s1. The van der Waals surface area contributed by atoms with Gasteiger partial charge in [-0.2, -0.15) is 0 Å². The Kier molecular flexibility index (Phi) is 4.70. The van der Waals surface area contributed by atoms with Gasteiger partial charge in [-0.05, 0) is 38.0 Å². The smallest absolute Gasteiger partial charge is 0.345 e. The molecule has 0 unspecified atom stereocenters. The quantitative estimate of drug-likeness (QED) is 0.510. The first-order valence-electron chi connectivity index (χ1n) is 8.99. The summed E-state index contributed by atoms with van der Waals surface area (Å²) in [7, 11) is 0. The average Bonchev–Trinajstić information content (AvgIpc) is 3.14. The molecule has 0 N–H and O–H groups in total. The van der Waals surface area contributed by atoms with Gasteiger partial charge >= 0.3 is 11.6 Å². The lowest BCUT2D eigenvalue weighted by Gasteiger charge is -2.31. The minimum Gasteiger partial charge on any atom is -0.466 e. The summed E-state index contributed by atoms with van der Waals surface area (Å²) in [4.78, 5) is 39.5. The monoisotopic (exact) mass is 385 g/mol. The van der Waals surface area contributed by atoms with Crippen LogP contribution in [0, 0.1) is 5.92 Å². The number of fused-ring (bicyclic) bond motifs is 3. The van der Waals surface area contributed by atoms with Gasteiger partial charge in [0.1, 0.15) is 5.58 Å². The van der Waals surface area contributed by atoms with Gasteiger partial charge in [0.25, 0.3) is 5.91 Å². The fourth-order valence-corrected chi connectivity index (χ4v) is 4.66. The number of thiophene rings is 1. The summed E-state index contributed by atoms with van der Waals surface area (Å²) < 4.78 is 11.2. The Hall–Kier alpha value is -2.67. The highest BCUT2D eigenvalue weighted by molar-refractivity contribution is 7.21. The van der Waals surface area contributed by atoms with Crippen LogP contribution in [-0.4, -0.2) is 36.5 Å². The van der Waals surface area contributed by atoms with Crippen LogP contribution in [0.15, 0.2) is 39.5 Å². The Morgan fingerprint density at radius 3 is 2.93 bits per heavy atom. The zero-order valence-corrected chi connectivity index (χ0v) is 15.7. The molecule has 1 fully saturated rings. The lowest BCUT2D eigenvalue weighted by atomic mass is 9.98. The molecule has 6 nitrogen and oxygen atoms in total. The molecule has 0 bridgehead atoms. The number of nitrogens with zero attached hydrogens (tertiary/aromatic N) is 1. The molecule has 3 heterocycles. The third-order valence-electron chi connectivity index (χ3n) is 4.83. The molecule has 7 heteroatoms. The van der Waals surface area contributed by atoms with Gasteiger partial charge in [-0.25, -0.2) is 4.79 Å². The first-order valence-corrected chi connectivity index (χ1v) is 9.81. The molecule has 140 valence electrons. The fraction of sp³-hybridized carbons (Fsp3) is 0.350. The molecule has 1 aliphatic heterocycles. The third kappa shape index (κ3) is 3.23. The highest BCUT2D eigenvalue weighted by atomic mass is 32.1. The topological polar surface area (TPSA) is 76.8 Å². The number of carbonyl (C=O) groups excluding carboxylic acids is 2. The van der Waals surface area contributed by atoms with Crippen molar-refractivity contribution in [2.75, 3.05) is 19.7 Å². The van der Waals surface area contributed by atoms with Crippen molar-refractivity contribution in [3.8, 4) is 0 Å². The van der Waals surface area contributed by atoms with Crippen LogP contribution in [0.25, 0.3) is 21.1 Å². The molecule has 1 amide bonds. The van der Waals surface area contributed by atoms with Crippen molar-refractivity contribution in [3.63, 3.8) is 0 Å². The van der Waals surface area contributed by atoms with E-state index in [1.807, 2.05) is 12.1 Å². The summed E-state index contributed by atoms with van der Waals surface area (Å²) in [5.74, 6) is -0.699. The van der Waals surface area contributed by atoms with E-state index in [9.17, 15) is 14.4 Å². The van der Waals surface area contributed by atoms with E-state index >= 15 is 0 Å². The van der Waals surface area contributed by atoms with Gasteiger partial charge in [-0.3, -0.25) is 9.59 Å². The van der Waals surface area contributed by atoms with Crippen molar-refractivity contribution >= 4 is 44.3 Å². The van der Waals surface area contributed by atoms with Gasteiger partial charge in [0, 0.05) is 18.5 Å². The SMILES string of the molecule is CCOC(=O)[C@@H]1CCCN(C(=O)c2cc3c(=O)oc4ccccc4c3s2)C1. The van der Waals surface area contributed by atoms with E-state index in [1.165, 1.54) is 11.3 Å². The molecule has 1 atom stereocenters. The maximum Gasteiger partial charge on any atom is 0.345 e. The van der Waals surface area contributed by atoms with E-state index in [-0.39, 0.29) is 17.8 Å². The zero-order valence-electron chi connectivity index (χ0n) is 14.9. The van der Waals surface area contributed by atoms with Crippen molar-refractivity contribution in [2.45, 2.75) is 19.8 Å². The molecular formula is C20H19NO5S. The van der Waals surface area contributed by atoms with Gasteiger partial charge in [-0.15, -0.1) is 11.3 Å². The predicted molar refractivity (Wildman–Crippen MR) is 103 cm³/mol. The maximum absolute atomic E-state index is 13.0. The first-order chi connectivity index (χ1) is 13.1. The summed E-state index contributed by atoms with van der Waals surface area (Å²) in [6.07, 6.45) is 1.48. The summed E-state index contributed by atoms with van der Waals surface area (Å²) in [6.45, 7) is 3.05. The van der Waals surface area contributed by atoms with E-state index in [0.717, 1.165) is 22.9 Å². The Balaban J connectivity index is 1.67. The molecule has 1 aromatic carbocycles. The van der Waals surface area contributed by atoms with E-state index < -0.39 is 5.63 Å². The van der Waals surface area contributed by atoms with Gasteiger partial charge in [0.15, 0.2) is 0 Å². The minimum atomic E-state index is -0.443. The van der Waals surface area contributed by atoms with Gasteiger partial charge in [-0.1, -0.05) is 12.1 Å². The number of carbonyl (C=O) groups is 2. The van der Waals surface area contributed by atoms with Crippen LogP contribution >= 0.6 is 11.3 Å². The Bertz CT molecular complexity index is 1080. The normalized spacial score (nSPS) is 17.4. The number of likely N-dealkylation sites (tertiary alicyclic amines) is 1. The van der Waals surface area contributed by atoms with Gasteiger partial charge in [0.05, 0.1) is 27.5 Å². The summed E-state index contributed by atoms with van der Waals surface area (Å²) in [6, 6.07) is 8.90. The molecular weight excluding hydrogens is 366 g/mol. The van der Waals surface area contributed by atoms with Crippen LogP contribution in [0.4, 0.5) is 0 Å². The number of ether oxygens (including phenoxy) is 1. The van der Waals surface area contributed by atoms with Crippen LogP contribution in [0.5, 0.6) is 0 Å². The van der Waals surface area contributed by atoms with Crippen molar-refractivity contribution < 1.29 is 18.7 Å². The first kappa shape index (κ1) is 17.7. The molecule has 2 aromatic heterocycles. The Labute approximate surface area is 159 Å². The molecule has 0 saturated carbocycles. The Morgan fingerprint density at radius 1 is 1.30 bits per heavy atom. The van der Waals surface area contributed by atoms with Crippen molar-refractivity contribution in [1.82, 2.24) is 4.90 Å². The van der Waals surface area contributed by atoms with E-state index in [0.29, 0.717) is 35.5 Å². The van der Waals surface area contributed by atoms with Crippen molar-refractivity contribution in [3.05, 3.63) is 45.6 Å². The van der Waals surface area contributed by atoms with Crippen LogP contribution in [0.1, 0.15) is 29.4 Å². The number of esters is 1. The second kappa shape index (κ2) is 7.15. The van der Waals surface area contributed by atoms with Crippen LogP contribution in [0.3, 0.4) is 0 Å². The molecule has 1 saturated heterocycles. The molecule has 0 spiro atoms. The van der Waals surface area contributed by atoms with Crippen LogP contribution in [-0.2, 0) is 9.53 Å². The van der Waals surface area contributed by atoms with Gasteiger partial charge in [0.2, 0.25) is 0 Å². The number of hydrogen-bond donors (Lipinski definition) is 0. The van der Waals surface area contributed by atoms with E-state index in [4.69, 9.17) is 9.15 Å².